The number of anilines is 3. The fourth-order valence-corrected chi connectivity index (χ4v) is 4.56. The molecule has 2 aliphatic heterocycles. The van der Waals surface area contributed by atoms with Crippen LogP contribution in [0.3, 0.4) is 0 Å². The molecule has 0 aliphatic carbocycles. The van der Waals surface area contributed by atoms with Gasteiger partial charge in [-0.1, -0.05) is 0 Å². The predicted molar refractivity (Wildman–Crippen MR) is 113 cm³/mol. The van der Waals surface area contributed by atoms with E-state index < -0.39 is 22.9 Å². The van der Waals surface area contributed by atoms with Crippen molar-refractivity contribution >= 4 is 45.2 Å². The van der Waals surface area contributed by atoms with Crippen LogP contribution in [0.15, 0.2) is 30.3 Å². The van der Waals surface area contributed by atoms with Gasteiger partial charge in [0.25, 0.3) is 0 Å². The lowest BCUT2D eigenvalue weighted by atomic mass is 10.2. The van der Waals surface area contributed by atoms with Gasteiger partial charge in [0, 0.05) is 32.2 Å². The molecule has 0 spiro atoms. The van der Waals surface area contributed by atoms with E-state index in [2.05, 4.69) is 5.32 Å². The molecule has 2 fully saturated rings. The van der Waals surface area contributed by atoms with Crippen molar-refractivity contribution in [2.75, 3.05) is 54.0 Å². The molecule has 2 saturated heterocycles. The number of cyclic esters (lactones) is 1. The Morgan fingerprint density at radius 2 is 1.97 bits per heavy atom. The number of nitrogens with one attached hydrogen (secondary N) is 1. The Morgan fingerprint density at radius 1 is 1.23 bits per heavy atom. The molecule has 1 atom stereocenters. The lowest BCUT2D eigenvalue weighted by molar-refractivity contribution is -0.380. The van der Waals surface area contributed by atoms with E-state index in [0.29, 0.717) is 44.0 Å². The zero-order chi connectivity index (χ0) is 22.0. The Bertz CT molecular complexity index is 994. The number of amides is 2. The SMILES string of the molecule is O=CNCC1CN(c2ccc(N3CCN(c4ccc([N+](=O)[O-])s4)CC3)c(F)c2)C(=O)O1. The van der Waals surface area contributed by atoms with Crippen LogP contribution in [0.4, 0.5) is 30.6 Å². The van der Waals surface area contributed by atoms with E-state index in [1.807, 2.05) is 9.80 Å². The Hall–Kier alpha value is -3.41. The smallest absolute Gasteiger partial charge is 0.414 e. The Morgan fingerprint density at radius 3 is 2.61 bits per heavy atom. The first-order valence-electron chi connectivity index (χ1n) is 9.65. The van der Waals surface area contributed by atoms with Crippen LogP contribution >= 0.6 is 11.3 Å². The van der Waals surface area contributed by atoms with E-state index in [1.54, 1.807) is 18.2 Å². The second-order valence-electron chi connectivity index (χ2n) is 7.12. The van der Waals surface area contributed by atoms with Crippen LogP contribution in [0.2, 0.25) is 0 Å². The first kappa shape index (κ1) is 20.8. The average molecular weight is 449 g/mol. The molecular weight excluding hydrogens is 429 g/mol. The van der Waals surface area contributed by atoms with Gasteiger partial charge in [-0.25, -0.2) is 9.18 Å². The molecule has 10 nitrogen and oxygen atoms in total. The van der Waals surface area contributed by atoms with Gasteiger partial charge in [0.1, 0.15) is 11.9 Å². The summed E-state index contributed by atoms with van der Waals surface area (Å²) in [4.78, 5) is 38.3. The lowest BCUT2D eigenvalue weighted by Gasteiger charge is -2.36. The first-order chi connectivity index (χ1) is 15.0. The van der Waals surface area contributed by atoms with Crippen LogP contribution in [0, 0.1) is 15.9 Å². The molecule has 164 valence electrons. The summed E-state index contributed by atoms with van der Waals surface area (Å²) in [6.07, 6.45) is -0.533. The van der Waals surface area contributed by atoms with Crippen molar-refractivity contribution in [2.45, 2.75) is 6.10 Å². The van der Waals surface area contributed by atoms with Crippen LogP contribution in [0.25, 0.3) is 0 Å². The number of hydrogen-bond donors (Lipinski definition) is 1. The number of benzene rings is 1. The Kier molecular flexibility index (Phi) is 5.89. The molecule has 2 aromatic rings. The van der Waals surface area contributed by atoms with Crippen molar-refractivity contribution < 1.29 is 23.6 Å². The highest BCUT2D eigenvalue weighted by Crippen LogP contribution is 2.33. The van der Waals surface area contributed by atoms with Crippen LogP contribution in [0.5, 0.6) is 0 Å². The molecular formula is C19H20FN5O5S. The monoisotopic (exact) mass is 449 g/mol. The van der Waals surface area contributed by atoms with E-state index in [-0.39, 0.29) is 18.1 Å². The molecule has 1 N–H and O–H groups in total. The number of carbonyl (C=O) groups excluding carboxylic acids is 2. The number of piperazine rings is 1. The minimum Gasteiger partial charge on any atom is -0.442 e. The molecule has 1 aromatic carbocycles. The van der Waals surface area contributed by atoms with Gasteiger partial charge in [-0.05, 0) is 35.6 Å². The van der Waals surface area contributed by atoms with Gasteiger partial charge in [0.2, 0.25) is 6.41 Å². The summed E-state index contributed by atoms with van der Waals surface area (Å²) < 4.78 is 20.0. The summed E-state index contributed by atoms with van der Waals surface area (Å²) in [5, 5.41) is 14.3. The summed E-state index contributed by atoms with van der Waals surface area (Å²) in [7, 11) is 0. The minimum absolute atomic E-state index is 0.101. The highest BCUT2D eigenvalue weighted by molar-refractivity contribution is 7.19. The van der Waals surface area contributed by atoms with Gasteiger partial charge in [-0.2, -0.15) is 0 Å². The van der Waals surface area contributed by atoms with E-state index in [9.17, 15) is 24.1 Å². The van der Waals surface area contributed by atoms with Gasteiger partial charge in [-0.3, -0.25) is 19.8 Å². The molecule has 0 radical (unpaired) electrons. The molecule has 3 heterocycles. The number of carbonyl (C=O) groups is 2. The fraction of sp³-hybridized carbons (Fsp3) is 0.368. The highest BCUT2D eigenvalue weighted by Gasteiger charge is 2.33. The van der Waals surface area contributed by atoms with Crippen LogP contribution in [0.1, 0.15) is 0 Å². The molecule has 0 saturated carbocycles. The number of ether oxygens (including phenoxy) is 1. The summed E-state index contributed by atoms with van der Waals surface area (Å²) in [6.45, 7) is 2.78. The molecule has 4 rings (SSSR count). The molecule has 12 heteroatoms. The Labute approximate surface area is 180 Å². The van der Waals surface area contributed by atoms with E-state index in [0.717, 1.165) is 16.3 Å². The lowest BCUT2D eigenvalue weighted by Crippen LogP contribution is -2.46. The second-order valence-corrected chi connectivity index (χ2v) is 8.16. The normalized spacial score (nSPS) is 18.8. The number of nitro groups is 1. The average Bonchev–Trinajstić information content (AvgIpc) is 3.39. The van der Waals surface area contributed by atoms with Crippen molar-refractivity contribution in [3.05, 3.63) is 46.3 Å². The maximum absolute atomic E-state index is 14.9. The van der Waals surface area contributed by atoms with E-state index in [4.69, 9.17) is 4.74 Å². The number of halogens is 1. The number of nitrogens with zero attached hydrogens (tertiary/aromatic N) is 4. The van der Waals surface area contributed by atoms with Crippen LogP contribution < -0.4 is 20.0 Å². The third-order valence-electron chi connectivity index (χ3n) is 5.24. The van der Waals surface area contributed by atoms with Gasteiger partial charge in [-0.15, -0.1) is 0 Å². The summed E-state index contributed by atoms with van der Waals surface area (Å²) >= 11 is 1.13. The maximum Gasteiger partial charge on any atom is 0.414 e. The number of thiophene rings is 1. The largest absolute Gasteiger partial charge is 0.442 e. The van der Waals surface area contributed by atoms with Crippen molar-refractivity contribution in [2.24, 2.45) is 0 Å². The standard InChI is InChI=1S/C19H20FN5O5S/c20-15-9-13(24-11-14(10-21-12-26)30-19(24)27)1-2-16(15)22-5-7-23(8-6-22)17-3-4-18(31-17)25(28)29/h1-4,9,12,14H,5-8,10-11H2,(H,21,26). The molecule has 1 unspecified atom stereocenters. The van der Waals surface area contributed by atoms with Gasteiger partial charge in [0.15, 0.2) is 0 Å². The second kappa shape index (κ2) is 8.76. The first-order valence-corrected chi connectivity index (χ1v) is 10.5. The van der Waals surface area contributed by atoms with E-state index in [1.165, 1.54) is 17.0 Å². The summed E-state index contributed by atoms with van der Waals surface area (Å²) in [5.41, 5.74) is 0.830. The quantitative estimate of drug-likeness (QED) is 0.392. The number of hydrogen-bond acceptors (Lipinski definition) is 8. The van der Waals surface area contributed by atoms with E-state index >= 15 is 0 Å². The molecule has 1 aromatic heterocycles. The topological polar surface area (TPSA) is 108 Å². The molecule has 2 amide bonds. The zero-order valence-electron chi connectivity index (χ0n) is 16.4. The highest BCUT2D eigenvalue weighted by atomic mass is 32.1. The van der Waals surface area contributed by atoms with Gasteiger partial charge in [0.05, 0.1) is 34.4 Å². The van der Waals surface area contributed by atoms with Gasteiger partial charge >= 0.3 is 11.1 Å². The van der Waals surface area contributed by atoms with Crippen molar-refractivity contribution in [1.29, 1.82) is 0 Å². The fourth-order valence-electron chi connectivity index (χ4n) is 3.69. The molecule has 31 heavy (non-hydrogen) atoms. The maximum atomic E-state index is 14.9. The molecule has 0 bridgehead atoms. The minimum atomic E-state index is -0.580. The van der Waals surface area contributed by atoms with Crippen molar-refractivity contribution in [3.63, 3.8) is 0 Å². The zero-order valence-corrected chi connectivity index (χ0v) is 17.2. The third kappa shape index (κ3) is 4.38. The summed E-state index contributed by atoms with van der Waals surface area (Å²) in [6, 6.07) is 7.85. The Balaban J connectivity index is 1.39. The molecule has 2 aliphatic rings. The van der Waals surface area contributed by atoms with Crippen molar-refractivity contribution in [1.82, 2.24) is 5.32 Å². The van der Waals surface area contributed by atoms with Crippen LogP contribution in [-0.4, -0.2) is 62.8 Å². The van der Waals surface area contributed by atoms with Gasteiger partial charge < -0.3 is 19.9 Å². The summed E-state index contributed by atoms with van der Waals surface area (Å²) in [5.74, 6) is -0.444. The third-order valence-corrected chi connectivity index (χ3v) is 6.33. The van der Waals surface area contributed by atoms with Crippen molar-refractivity contribution in [3.8, 4) is 0 Å². The number of rotatable bonds is 7. The van der Waals surface area contributed by atoms with Crippen LogP contribution in [-0.2, 0) is 9.53 Å². The predicted octanol–water partition coefficient (Wildman–Crippen LogP) is 2.19.